The Bertz CT molecular complexity index is 689. The van der Waals surface area contributed by atoms with Crippen LogP contribution in [-0.2, 0) is 11.3 Å². The maximum atomic E-state index is 11.9. The van der Waals surface area contributed by atoms with E-state index in [1.807, 2.05) is 32.0 Å². The molecule has 122 valence electrons. The molecule has 0 unspecified atom stereocenters. The van der Waals surface area contributed by atoms with E-state index >= 15 is 0 Å². The van der Waals surface area contributed by atoms with Crippen LogP contribution in [0.3, 0.4) is 0 Å². The average molecular weight is 316 g/mol. The normalized spacial score (nSPS) is 10.7. The lowest BCUT2D eigenvalue weighted by atomic mass is 10.1. The lowest BCUT2D eigenvalue weighted by Gasteiger charge is -2.14. The van der Waals surface area contributed by atoms with Crippen LogP contribution >= 0.6 is 0 Å². The van der Waals surface area contributed by atoms with Crippen LogP contribution in [0.1, 0.15) is 23.0 Å². The average Bonchev–Trinajstić information content (AvgIpc) is 2.54. The van der Waals surface area contributed by atoms with Crippen molar-refractivity contribution in [1.82, 2.24) is 19.9 Å². The molecular formula is C16H20N4O3. The fourth-order valence-electron chi connectivity index (χ4n) is 2.10. The zero-order valence-electron chi connectivity index (χ0n) is 13.7. The Morgan fingerprint density at radius 1 is 1.26 bits per heavy atom. The van der Waals surface area contributed by atoms with E-state index in [4.69, 9.17) is 9.47 Å². The third kappa shape index (κ3) is 4.23. The summed E-state index contributed by atoms with van der Waals surface area (Å²) in [5, 5.41) is 0. The monoisotopic (exact) mass is 316 g/mol. The summed E-state index contributed by atoms with van der Waals surface area (Å²) >= 11 is 0. The lowest BCUT2D eigenvalue weighted by molar-refractivity contribution is 0.0592. The van der Waals surface area contributed by atoms with Crippen molar-refractivity contribution in [1.29, 1.82) is 0 Å². The number of methoxy groups -OCH3 is 1. The maximum absolute atomic E-state index is 11.9. The molecule has 0 saturated heterocycles. The Hall–Kier alpha value is -2.54. The molecule has 2 heterocycles. The third-order valence-electron chi connectivity index (χ3n) is 3.03. The van der Waals surface area contributed by atoms with Crippen LogP contribution in [0.25, 0.3) is 11.3 Å². The summed E-state index contributed by atoms with van der Waals surface area (Å²) in [4.78, 5) is 26.6. The molecule has 23 heavy (non-hydrogen) atoms. The van der Waals surface area contributed by atoms with E-state index in [0.717, 1.165) is 11.1 Å². The second-order valence-electron chi connectivity index (χ2n) is 5.14. The van der Waals surface area contributed by atoms with Gasteiger partial charge in [0.15, 0.2) is 5.69 Å². The Morgan fingerprint density at radius 2 is 2.04 bits per heavy atom. The highest BCUT2D eigenvalue weighted by Gasteiger charge is 2.16. The molecule has 0 saturated carbocycles. The van der Waals surface area contributed by atoms with E-state index in [1.165, 1.54) is 7.11 Å². The molecule has 0 bridgehead atoms. The number of hydrogen-bond donors (Lipinski definition) is 0. The molecular weight excluding hydrogens is 296 g/mol. The van der Waals surface area contributed by atoms with Crippen LogP contribution in [0.15, 0.2) is 24.7 Å². The first-order chi connectivity index (χ1) is 11.0. The first-order valence-electron chi connectivity index (χ1n) is 7.22. The molecule has 0 N–H and O–H groups in total. The topological polar surface area (TPSA) is 77.4 Å². The molecule has 0 radical (unpaired) electrons. The first kappa shape index (κ1) is 16.8. The van der Waals surface area contributed by atoms with Gasteiger partial charge in [0.25, 0.3) is 0 Å². The highest BCUT2D eigenvalue weighted by Crippen LogP contribution is 2.21. The van der Waals surface area contributed by atoms with Crippen molar-refractivity contribution in [3.05, 3.63) is 35.9 Å². The van der Waals surface area contributed by atoms with E-state index in [1.54, 1.807) is 18.6 Å². The Morgan fingerprint density at radius 3 is 2.70 bits per heavy atom. The molecule has 7 nitrogen and oxygen atoms in total. The second kappa shape index (κ2) is 7.64. The van der Waals surface area contributed by atoms with E-state index in [0.29, 0.717) is 30.4 Å². The molecule has 0 spiro atoms. The fraction of sp³-hybridized carbons (Fsp3) is 0.375. The molecule has 7 heteroatoms. The van der Waals surface area contributed by atoms with Crippen molar-refractivity contribution < 1.29 is 14.3 Å². The molecule has 0 aliphatic rings. The van der Waals surface area contributed by atoms with Crippen molar-refractivity contribution in [2.45, 2.75) is 13.5 Å². The molecule has 0 fully saturated rings. The van der Waals surface area contributed by atoms with Gasteiger partial charge in [0.05, 0.1) is 31.8 Å². The highest BCUT2D eigenvalue weighted by molar-refractivity contribution is 5.89. The van der Waals surface area contributed by atoms with Gasteiger partial charge in [0.2, 0.25) is 5.88 Å². The lowest BCUT2D eigenvalue weighted by Crippen LogP contribution is -2.16. The molecule has 2 rings (SSSR count). The maximum Gasteiger partial charge on any atom is 0.356 e. The Labute approximate surface area is 135 Å². The number of hydrogen-bond acceptors (Lipinski definition) is 7. The van der Waals surface area contributed by atoms with Crippen LogP contribution in [0.2, 0.25) is 0 Å². The SMILES string of the molecule is CCOc1cncc(-c2cnc(C(=O)OC)c(CN(C)C)c2)n1. The Kier molecular flexibility index (Phi) is 5.59. The number of aromatic nitrogens is 3. The zero-order chi connectivity index (χ0) is 16.8. The number of nitrogens with zero attached hydrogens (tertiary/aromatic N) is 4. The van der Waals surface area contributed by atoms with E-state index in [9.17, 15) is 4.79 Å². The van der Waals surface area contributed by atoms with Crippen LogP contribution in [-0.4, -0.2) is 53.6 Å². The van der Waals surface area contributed by atoms with Crippen molar-refractivity contribution in [2.24, 2.45) is 0 Å². The van der Waals surface area contributed by atoms with E-state index < -0.39 is 5.97 Å². The largest absolute Gasteiger partial charge is 0.477 e. The first-order valence-corrected chi connectivity index (χ1v) is 7.22. The number of carbonyl (C=O) groups excluding carboxylic acids is 1. The summed E-state index contributed by atoms with van der Waals surface area (Å²) in [6.45, 7) is 2.96. The van der Waals surface area contributed by atoms with Gasteiger partial charge in [-0.1, -0.05) is 0 Å². The van der Waals surface area contributed by atoms with Crippen LogP contribution in [0.5, 0.6) is 5.88 Å². The number of pyridine rings is 1. The van der Waals surface area contributed by atoms with Gasteiger partial charge >= 0.3 is 5.97 Å². The molecule has 2 aromatic rings. The number of carbonyl (C=O) groups is 1. The summed E-state index contributed by atoms with van der Waals surface area (Å²) in [5.41, 5.74) is 2.48. The van der Waals surface area contributed by atoms with Gasteiger partial charge in [-0.3, -0.25) is 4.98 Å². The minimum absolute atomic E-state index is 0.305. The Balaban J connectivity index is 2.43. The fourth-order valence-corrected chi connectivity index (χ4v) is 2.10. The van der Waals surface area contributed by atoms with Gasteiger partial charge < -0.3 is 14.4 Å². The van der Waals surface area contributed by atoms with Gasteiger partial charge in [0.1, 0.15) is 0 Å². The highest BCUT2D eigenvalue weighted by atomic mass is 16.5. The molecule has 0 amide bonds. The van der Waals surface area contributed by atoms with Gasteiger partial charge in [0, 0.05) is 18.3 Å². The molecule has 2 aromatic heterocycles. The van der Waals surface area contributed by atoms with Gasteiger partial charge in [-0.15, -0.1) is 0 Å². The van der Waals surface area contributed by atoms with Gasteiger partial charge in [-0.25, -0.2) is 14.8 Å². The summed E-state index contributed by atoms with van der Waals surface area (Å²) in [7, 11) is 5.18. The molecule has 0 aliphatic heterocycles. The predicted molar refractivity (Wildman–Crippen MR) is 85.2 cm³/mol. The third-order valence-corrected chi connectivity index (χ3v) is 3.03. The smallest absolute Gasteiger partial charge is 0.356 e. The number of ether oxygens (including phenoxy) is 2. The van der Waals surface area contributed by atoms with Gasteiger partial charge in [-0.05, 0) is 32.6 Å². The predicted octanol–water partition coefficient (Wildman–Crippen LogP) is 1.79. The van der Waals surface area contributed by atoms with Crippen molar-refractivity contribution >= 4 is 5.97 Å². The number of rotatable bonds is 6. The van der Waals surface area contributed by atoms with Crippen molar-refractivity contribution in [3.8, 4) is 17.1 Å². The summed E-state index contributed by atoms with van der Waals surface area (Å²) in [6.07, 6.45) is 4.78. The summed E-state index contributed by atoms with van der Waals surface area (Å²) in [6, 6.07) is 1.87. The van der Waals surface area contributed by atoms with E-state index in [2.05, 4.69) is 15.0 Å². The minimum Gasteiger partial charge on any atom is -0.477 e. The van der Waals surface area contributed by atoms with Crippen LogP contribution < -0.4 is 4.74 Å². The zero-order valence-corrected chi connectivity index (χ0v) is 13.7. The van der Waals surface area contributed by atoms with Crippen molar-refractivity contribution in [3.63, 3.8) is 0 Å². The van der Waals surface area contributed by atoms with Crippen LogP contribution in [0, 0.1) is 0 Å². The molecule has 0 aliphatic carbocycles. The summed E-state index contributed by atoms with van der Waals surface area (Å²) < 4.78 is 10.2. The van der Waals surface area contributed by atoms with Gasteiger partial charge in [-0.2, -0.15) is 0 Å². The number of esters is 1. The summed E-state index contributed by atoms with van der Waals surface area (Å²) in [5.74, 6) is -0.00115. The standard InChI is InChI=1S/C16H20N4O3/c1-5-23-14-9-17-8-13(19-14)11-6-12(10-20(2)3)15(18-7-11)16(21)22-4/h6-9H,5,10H2,1-4H3. The van der Waals surface area contributed by atoms with Crippen molar-refractivity contribution in [2.75, 3.05) is 27.8 Å². The molecule has 0 aromatic carbocycles. The van der Waals surface area contributed by atoms with Crippen LogP contribution in [0.4, 0.5) is 0 Å². The second-order valence-corrected chi connectivity index (χ2v) is 5.14. The molecule has 0 atom stereocenters. The quantitative estimate of drug-likeness (QED) is 0.752. The van der Waals surface area contributed by atoms with E-state index in [-0.39, 0.29) is 0 Å². The minimum atomic E-state index is -0.456.